The van der Waals surface area contributed by atoms with Crippen LogP contribution in [0.3, 0.4) is 0 Å². The molecular weight excluding hydrogens is 691 g/mol. The number of carbonyl (C=O) groups is 2. The third-order valence-electron chi connectivity index (χ3n) is 11.4. The molecule has 2 saturated carbocycles. The van der Waals surface area contributed by atoms with Crippen molar-refractivity contribution in [2.45, 2.75) is 154 Å². The van der Waals surface area contributed by atoms with Gasteiger partial charge in [0.2, 0.25) is 11.8 Å². The van der Waals surface area contributed by atoms with E-state index >= 15 is 0 Å². The molecule has 1 aliphatic heterocycles. The SMILES string of the molecule is CCCc1ccc(CC2CCCCCCC2)cc1C[C@H]1C(=O)N[C@@H](CC2=CC(CC)C=CC(CC3CCCCCC3)=C2)C(=O)N1CI. The molecule has 1 aromatic rings. The fourth-order valence-corrected chi connectivity index (χ4v) is 9.47. The second-order valence-corrected chi connectivity index (χ2v) is 15.8. The molecule has 0 spiro atoms. The van der Waals surface area contributed by atoms with E-state index in [4.69, 9.17) is 0 Å². The highest BCUT2D eigenvalue weighted by atomic mass is 127. The summed E-state index contributed by atoms with van der Waals surface area (Å²) in [5.74, 6) is 1.95. The van der Waals surface area contributed by atoms with Crippen LogP contribution < -0.4 is 5.32 Å². The summed E-state index contributed by atoms with van der Waals surface area (Å²) in [6.45, 7) is 4.46. The quantitative estimate of drug-likeness (QED) is 0.100. The number of alkyl halides is 1. The summed E-state index contributed by atoms with van der Waals surface area (Å²) >= 11 is 2.29. The van der Waals surface area contributed by atoms with E-state index in [0.29, 0.717) is 23.3 Å². The summed E-state index contributed by atoms with van der Waals surface area (Å²) in [6, 6.07) is 6.06. The molecule has 1 N–H and O–H groups in total. The van der Waals surface area contributed by atoms with E-state index in [1.54, 1.807) is 0 Å². The highest BCUT2D eigenvalue weighted by Gasteiger charge is 2.40. The molecule has 1 saturated heterocycles. The van der Waals surface area contributed by atoms with Crippen LogP contribution in [0.2, 0.25) is 0 Å². The van der Waals surface area contributed by atoms with Crippen molar-refractivity contribution in [3.05, 3.63) is 70.3 Å². The standard InChI is InChI=1S/C42H61IN2O2/c1-3-14-37-22-21-35(25-33-15-10-6-5-7-11-16-33)27-38(37)29-40-41(46)44-39(42(47)45(40)30-43)28-36-23-31(4-2)19-20-34(26-36)24-32-17-12-8-9-13-18-32/h19-23,26-27,31-33,39-40H,3-18,24-25,28-30H2,1-2H3,(H,44,46)/t31?,39-,40-/m0/s1. The van der Waals surface area contributed by atoms with Crippen molar-refractivity contribution < 1.29 is 9.59 Å². The fourth-order valence-electron chi connectivity index (χ4n) is 8.66. The smallest absolute Gasteiger partial charge is 0.246 e. The van der Waals surface area contributed by atoms with Crippen molar-refractivity contribution >= 4 is 34.4 Å². The number of piperazine rings is 1. The van der Waals surface area contributed by atoms with E-state index in [9.17, 15) is 9.59 Å². The maximum atomic E-state index is 14.1. The summed E-state index contributed by atoms with van der Waals surface area (Å²) in [6.07, 6.45) is 33.5. The number of carbonyl (C=O) groups excluding carboxylic acids is 2. The van der Waals surface area contributed by atoms with Gasteiger partial charge in [-0.05, 0) is 71.3 Å². The van der Waals surface area contributed by atoms with Crippen LogP contribution in [0.25, 0.3) is 0 Å². The second kappa shape index (κ2) is 18.8. The molecule has 1 unspecified atom stereocenters. The number of aryl methyl sites for hydroxylation is 1. The summed E-state index contributed by atoms with van der Waals surface area (Å²) < 4.78 is 0.525. The molecule has 47 heavy (non-hydrogen) atoms. The van der Waals surface area contributed by atoms with Crippen molar-refractivity contribution in [2.75, 3.05) is 4.55 Å². The van der Waals surface area contributed by atoms with Gasteiger partial charge in [-0.3, -0.25) is 9.59 Å². The zero-order chi connectivity index (χ0) is 33.0. The minimum atomic E-state index is -0.508. The maximum Gasteiger partial charge on any atom is 0.246 e. The topological polar surface area (TPSA) is 49.4 Å². The Morgan fingerprint density at radius 1 is 0.787 bits per heavy atom. The number of nitrogens with zero attached hydrogens (tertiary/aromatic N) is 1. The third kappa shape index (κ3) is 10.5. The molecule has 0 aromatic heterocycles. The van der Waals surface area contributed by atoms with Crippen molar-refractivity contribution in [3.8, 4) is 0 Å². The van der Waals surface area contributed by atoms with E-state index in [2.05, 4.69) is 84.3 Å². The van der Waals surface area contributed by atoms with Crippen LogP contribution in [0.4, 0.5) is 0 Å². The lowest BCUT2D eigenvalue weighted by atomic mass is 9.85. The highest BCUT2D eigenvalue weighted by molar-refractivity contribution is 14.1. The van der Waals surface area contributed by atoms with Crippen LogP contribution in [0.1, 0.15) is 140 Å². The van der Waals surface area contributed by atoms with E-state index in [-0.39, 0.29) is 11.8 Å². The Bertz CT molecular complexity index is 1270. The normalized spacial score (nSPS) is 25.3. The number of nitrogens with one attached hydrogen (secondary N) is 1. The van der Waals surface area contributed by atoms with E-state index in [0.717, 1.165) is 43.9 Å². The number of halogens is 1. The molecule has 1 aromatic carbocycles. The highest BCUT2D eigenvalue weighted by Crippen LogP contribution is 2.32. The number of benzene rings is 1. The Morgan fingerprint density at radius 3 is 2.09 bits per heavy atom. The van der Waals surface area contributed by atoms with Crippen molar-refractivity contribution in [1.82, 2.24) is 10.2 Å². The monoisotopic (exact) mass is 752 g/mol. The van der Waals surface area contributed by atoms with Gasteiger partial charge in [-0.2, -0.15) is 0 Å². The molecule has 5 rings (SSSR count). The summed E-state index contributed by atoms with van der Waals surface area (Å²) in [5, 5.41) is 3.23. The molecule has 3 atom stereocenters. The van der Waals surface area contributed by atoms with Gasteiger partial charge >= 0.3 is 0 Å². The van der Waals surface area contributed by atoms with Gasteiger partial charge in [-0.1, -0.05) is 169 Å². The lowest BCUT2D eigenvalue weighted by Gasteiger charge is -2.38. The first-order valence-corrected chi connectivity index (χ1v) is 20.9. The van der Waals surface area contributed by atoms with Crippen LogP contribution in [0.15, 0.2) is 53.6 Å². The molecule has 4 aliphatic rings. The van der Waals surface area contributed by atoms with Crippen molar-refractivity contribution in [1.29, 1.82) is 0 Å². The molecular formula is C42H61IN2O2. The van der Waals surface area contributed by atoms with Crippen LogP contribution >= 0.6 is 22.6 Å². The van der Waals surface area contributed by atoms with Crippen LogP contribution in [0, 0.1) is 17.8 Å². The van der Waals surface area contributed by atoms with Crippen molar-refractivity contribution in [3.63, 3.8) is 0 Å². The Balaban J connectivity index is 1.29. The van der Waals surface area contributed by atoms with E-state index in [1.807, 2.05) is 4.90 Å². The van der Waals surface area contributed by atoms with Gasteiger partial charge < -0.3 is 10.2 Å². The minimum absolute atomic E-state index is 0.00110. The molecule has 2 amide bonds. The number of hydrogen-bond acceptors (Lipinski definition) is 2. The van der Waals surface area contributed by atoms with Gasteiger partial charge in [-0.15, -0.1) is 0 Å². The molecule has 1 heterocycles. The molecule has 3 fully saturated rings. The lowest BCUT2D eigenvalue weighted by molar-refractivity contribution is -0.147. The third-order valence-corrected chi connectivity index (χ3v) is 12.2. The maximum absolute atomic E-state index is 14.1. The lowest BCUT2D eigenvalue weighted by Crippen LogP contribution is -2.63. The van der Waals surface area contributed by atoms with Crippen molar-refractivity contribution in [2.24, 2.45) is 17.8 Å². The second-order valence-electron chi connectivity index (χ2n) is 15.1. The van der Waals surface area contributed by atoms with Gasteiger partial charge in [0.15, 0.2) is 0 Å². The Kier molecular flexibility index (Phi) is 14.5. The number of amides is 2. The first-order chi connectivity index (χ1) is 23.0. The first-order valence-electron chi connectivity index (χ1n) is 19.3. The molecule has 0 radical (unpaired) electrons. The largest absolute Gasteiger partial charge is 0.342 e. The summed E-state index contributed by atoms with van der Waals surface area (Å²) in [4.78, 5) is 29.9. The summed E-state index contributed by atoms with van der Waals surface area (Å²) in [5.41, 5.74) is 6.57. The number of rotatable bonds is 12. The first kappa shape index (κ1) is 36.4. The molecule has 5 heteroatoms. The van der Waals surface area contributed by atoms with Crippen LogP contribution in [-0.2, 0) is 28.9 Å². The predicted molar refractivity (Wildman–Crippen MR) is 205 cm³/mol. The Hall–Kier alpha value is -1.89. The van der Waals surface area contributed by atoms with Gasteiger partial charge in [0.05, 0.1) is 4.55 Å². The van der Waals surface area contributed by atoms with Crippen LogP contribution in [0.5, 0.6) is 0 Å². The average Bonchev–Trinajstić information content (AvgIpc) is 3.43. The van der Waals surface area contributed by atoms with Gasteiger partial charge in [0.1, 0.15) is 12.1 Å². The number of allylic oxidation sites excluding steroid dienone is 5. The molecule has 0 bridgehead atoms. The zero-order valence-electron chi connectivity index (χ0n) is 29.4. The molecule has 258 valence electrons. The molecule has 4 nitrogen and oxygen atoms in total. The Labute approximate surface area is 299 Å². The number of hydrogen-bond donors (Lipinski definition) is 1. The zero-order valence-corrected chi connectivity index (χ0v) is 31.6. The minimum Gasteiger partial charge on any atom is -0.342 e. The van der Waals surface area contributed by atoms with E-state index in [1.165, 1.54) is 111 Å². The predicted octanol–water partition coefficient (Wildman–Crippen LogP) is 10.4. The van der Waals surface area contributed by atoms with Gasteiger partial charge in [0.25, 0.3) is 0 Å². The average molecular weight is 753 g/mol. The van der Waals surface area contributed by atoms with Gasteiger partial charge in [-0.25, -0.2) is 0 Å². The van der Waals surface area contributed by atoms with Crippen LogP contribution in [-0.4, -0.2) is 33.3 Å². The Morgan fingerprint density at radius 2 is 1.45 bits per heavy atom. The summed E-state index contributed by atoms with van der Waals surface area (Å²) in [7, 11) is 0. The fraction of sp³-hybridized carbons (Fsp3) is 0.667. The van der Waals surface area contributed by atoms with Gasteiger partial charge in [0, 0.05) is 12.8 Å². The van der Waals surface area contributed by atoms with E-state index < -0.39 is 12.1 Å². The molecule has 3 aliphatic carbocycles.